The Morgan fingerprint density at radius 1 is 1.15 bits per heavy atom. The summed E-state index contributed by atoms with van der Waals surface area (Å²) in [6, 6.07) is 9.58. The molecule has 108 valence electrons. The first-order chi connectivity index (χ1) is 9.65. The molecule has 1 fully saturated rings. The molecular weight excluding hydrogens is 252 g/mol. The van der Waals surface area contributed by atoms with E-state index in [4.69, 9.17) is 11.5 Å². The van der Waals surface area contributed by atoms with Gasteiger partial charge in [0.25, 0.3) is 0 Å². The molecule has 1 aliphatic rings. The van der Waals surface area contributed by atoms with E-state index >= 15 is 0 Å². The highest BCUT2D eigenvalue weighted by atomic mass is 16.1. The maximum absolute atomic E-state index is 12.2. The van der Waals surface area contributed by atoms with Gasteiger partial charge in [-0.1, -0.05) is 18.2 Å². The Kier molecular flexibility index (Phi) is 4.98. The summed E-state index contributed by atoms with van der Waals surface area (Å²) >= 11 is 0. The third kappa shape index (κ3) is 4.26. The summed E-state index contributed by atoms with van der Waals surface area (Å²) in [6.07, 6.45) is 3.82. The lowest BCUT2D eigenvalue weighted by Crippen LogP contribution is -2.29. The molecule has 5 nitrogen and oxygen atoms in total. The number of guanidine groups is 1. The fraction of sp³-hybridized carbons (Fsp3) is 0.467. The Labute approximate surface area is 119 Å². The molecule has 1 aliphatic carbocycles. The van der Waals surface area contributed by atoms with Gasteiger partial charge in [0.1, 0.15) is 0 Å². The second-order valence-electron chi connectivity index (χ2n) is 5.34. The summed E-state index contributed by atoms with van der Waals surface area (Å²) in [5, 5.41) is 2.97. The van der Waals surface area contributed by atoms with Crippen LogP contribution in [-0.4, -0.2) is 18.4 Å². The summed E-state index contributed by atoms with van der Waals surface area (Å²) in [4.78, 5) is 16.2. The molecule has 0 heterocycles. The van der Waals surface area contributed by atoms with Gasteiger partial charge < -0.3 is 16.8 Å². The lowest BCUT2D eigenvalue weighted by molar-refractivity contribution is -0.121. The lowest BCUT2D eigenvalue weighted by Gasteiger charge is -2.26. The molecule has 20 heavy (non-hydrogen) atoms. The summed E-state index contributed by atoms with van der Waals surface area (Å²) < 4.78 is 0. The van der Waals surface area contributed by atoms with Crippen molar-refractivity contribution in [2.45, 2.75) is 25.7 Å². The molecule has 2 rings (SSSR count). The first kappa shape index (κ1) is 14.4. The van der Waals surface area contributed by atoms with Crippen LogP contribution in [0.15, 0.2) is 35.3 Å². The van der Waals surface area contributed by atoms with Crippen LogP contribution < -0.4 is 16.8 Å². The van der Waals surface area contributed by atoms with E-state index in [2.05, 4.69) is 10.3 Å². The van der Waals surface area contributed by atoms with Crippen LogP contribution in [0.5, 0.6) is 0 Å². The van der Waals surface area contributed by atoms with Gasteiger partial charge in [-0.25, -0.2) is 0 Å². The molecule has 0 saturated heterocycles. The average Bonchev–Trinajstić information content (AvgIpc) is 2.46. The zero-order valence-corrected chi connectivity index (χ0v) is 11.6. The Hall–Kier alpha value is -2.04. The zero-order valence-electron chi connectivity index (χ0n) is 11.6. The second-order valence-corrected chi connectivity index (χ2v) is 5.34. The summed E-state index contributed by atoms with van der Waals surface area (Å²) in [6.45, 7) is 0.676. The van der Waals surface area contributed by atoms with Crippen LogP contribution in [0.3, 0.4) is 0 Å². The maximum Gasteiger partial charge on any atom is 0.227 e. The van der Waals surface area contributed by atoms with Crippen LogP contribution in [-0.2, 0) is 4.79 Å². The van der Waals surface area contributed by atoms with E-state index in [9.17, 15) is 4.79 Å². The van der Waals surface area contributed by atoms with Crippen molar-refractivity contribution >= 4 is 17.6 Å². The number of hydrogen-bond acceptors (Lipinski definition) is 2. The van der Waals surface area contributed by atoms with Crippen molar-refractivity contribution in [1.82, 2.24) is 0 Å². The number of nitrogens with two attached hydrogens (primary N) is 2. The third-order valence-corrected chi connectivity index (χ3v) is 3.79. The Morgan fingerprint density at radius 2 is 1.80 bits per heavy atom. The molecule has 5 heteroatoms. The van der Waals surface area contributed by atoms with Crippen LogP contribution >= 0.6 is 0 Å². The number of benzene rings is 1. The van der Waals surface area contributed by atoms with Crippen LogP contribution in [0.25, 0.3) is 0 Å². The average molecular weight is 274 g/mol. The molecule has 1 aromatic carbocycles. The molecule has 0 spiro atoms. The summed E-state index contributed by atoms with van der Waals surface area (Å²) in [7, 11) is 0. The number of carbonyl (C=O) groups excluding carboxylic acids is 1. The van der Waals surface area contributed by atoms with Gasteiger partial charge in [-0.3, -0.25) is 9.79 Å². The van der Waals surface area contributed by atoms with E-state index in [1.807, 2.05) is 30.3 Å². The van der Waals surface area contributed by atoms with E-state index in [1.165, 1.54) is 0 Å². The smallest absolute Gasteiger partial charge is 0.227 e. The van der Waals surface area contributed by atoms with E-state index in [1.54, 1.807) is 0 Å². The van der Waals surface area contributed by atoms with Gasteiger partial charge in [-0.15, -0.1) is 0 Å². The SMILES string of the molecule is NC(N)=NCC1CCC(C(=O)Nc2ccccc2)CC1. The Bertz CT molecular complexity index is 460. The highest BCUT2D eigenvalue weighted by Crippen LogP contribution is 2.29. The second kappa shape index (κ2) is 6.93. The van der Waals surface area contributed by atoms with E-state index < -0.39 is 0 Å². The normalized spacial score (nSPS) is 22.0. The molecule has 1 aromatic rings. The molecule has 0 aromatic heterocycles. The van der Waals surface area contributed by atoms with Crippen molar-refractivity contribution in [3.8, 4) is 0 Å². The number of carbonyl (C=O) groups is 1. The molecule has 0 radical (unpaired) electrons. The zero-order chi connectivity index (χ0) is 14.4. The van der Waals surface area contributed by atoms with Crippen molar-refractivity contribution in [1.29, 1.82) is 0 Å². The van der Waals surface area contributed by atoms with Gasteiger partial charge in [0.2, 0.25) is 5.91 Å². The van der Waals surface area contributed by atoms with Gasteiger partial charge in [0.05, 0.1) is 0 Å². The Balaban J connectivity index is 1.79. The standard InChI is InChI=1S/C15H22N4O/c16-15(17)18-10-11-6-8-12(9-7-11)14(20)19-13-4-2-1-3-5-13/h1-5,11-12H,6-10H2,(H,19,20)(H4,16,17,18). The van der Waals surface area contributed by atoms with Crippen molar-refractivity contribution in [2.75, 3.05) is 11.9 Å². The number of hydrogen-bond donors (Lipinski definition) is 3. The summed E-state index contributed by atoms with van der Waals surface area (Å²) in [5.74, 6) is 0.869. The van der Waals surface area contributed by atoms with Crippen LogP contribution in [0.1, 0.15) is 25.7 Å². The Morgan fingerprint density at radius 3 is 2.40 bits per heavy atom. The predicted octanol–water partition coefficient (Wildman–Crippen LogP) is 1.70. The van der Waals surface area contributed by atoms with E-state index in [0.29, 0.717) is 12.5 Å². The number of amides is 1. The number of nitrogens with zero attached hydrogens (tertiary/aromatic N) is 1. The van der Waals surface area contributed by atoms with Gasteiger partial charge in [-0.05, 0) is 43.7 Å². The quantitative estimate of drug-likeness (QED) is 0.576. The number of anilines is 1. The minimum atomic E-state index is 0.102. The minimum Gasteiger partial charge on any atom is -0.370 e. The topological polar surface area (TPSA) is 93.5 Å². The van der Waals surface area contributed by atoms with Crippen molar-refractivity contribution < 1.29 is 4.79 Å². The maximum atomic E-state index is 12.2. The van der Waals surface area contributed by atoms with E-state index in [0.717, 1.165) is 31.4 Å². The summed E-state index contributed by atoms with van der Waals surface area (Å²) in [5.41, 5.74) is 11.5. The molecular formula is C15H22N4O. The third-order valence-electron chi connectivity index (χ3n) is 3.79. The number of para-hydroxylation sites is 1. The van der Waals surface area contributed by atoms with Crippen molar-refractivity contribution in [2.24, 2.45) is 28.3 Å². The monoisotopic (exact) mass is 274 g/mol. The van der Waals surface area contributed by atoms with Gasteiger partial charge in [0, 0.05) is 18.2 Å². The highest BCUT2D eigenvalue weighted by Gasteiger charge is 2.26. The molecule has 0 aliphatic heterocycles. The molecule has 0 atom stereocenters. The lowest BCUT2D eigenvalue weighted by atomic mass is 9.81. The number of aliphatic imine (C=N–C) groups is 1. The molecule has 1 saturated carbocycles. The minimum absolute atomic E-state index is 0.102. The molecule has 0 unspecified atom stereocenters. The largest absolute Gasteiger partial charge is 0.370 e. The molecule has 5 N–H and O–H groups in total. The number of rotatable bonds is 4. The first-order valence-electron chi connectivity index (χ1n) is 7.06. The van der Waals surface area contributed by atoms with Gasteiger partial charge >= 0.3 is 0 Å². The van der Waals surface area contributed by atoms with Gasteiger partial charge in [0.15, 0.2) is 5.96 Å². The fourth-order valence-electron chi connectivity index (χ4n) is 2.61. The van der Waals surface area contributed by atoms with Crippen LogP contribution in [0, 0.1) is 11.8 Å². The van der Waals surface area contributed by atoms with Gasteiger partial charge in [-0.2, -0.15) is 0 Å². The predicted molar refractivity (Wildman–Crippen MR) is 81.2 cm³/mol. The fourth-order valence-corrected chi connectivity index (χ4v) is 2.61. The van der Waals surface area contributed by atoms with Crippen molar-refractivity contribution in [3.63, 3.8) is 0 Å². The number of nitrogens with one attached hydrogen (secondary N) is 1. The van der Waals surface area contributed by atoms with Crippen molar-refractivity contribution in [3.05, 3.63) is 30.3 Å². The molecule has 0 bridgehead atoms. The molecule has 1 amide bonds. The highest BCUT2D eigenvalue weighted by molar-refractivity contribution is 5.92. The van der Waals surface area contributed by atoms with Crippen LogP contribution in [0.2, 0.25) is 0 Å². The van der Waals surface area contributed by atoms with E-state index in [-0.39, 0.29) is 17.8 Å². The van der Waals surface area contributed by atoms with Crippen LogP contribution in [0.4, 0.5) is 5.69 Å². The first-order valence-corrected chi connectivity index (χ1v) is 7.06.